The van der Waals surface area contributed by atoms with E-state index in [9.17, 15) is 23.7 Å². The first-order valence-electron chi connectivity index (χ1n) is 7.07. The maximum atomic E-state index is 13.7. The predicted octanol–water partition coefficient (Wildman–Crippen LogP) is 4.00. The fraction of sp³-hybridized carbons (Fsp3) is 0.188. The van der Waals surface area contributed by atoms with E-state index in [1.165, 1.54) is 26.2 Å². The number of carbonyl (C=O) groups excluding carboxylic acids is 1. The molecule has 0 aromatic heterocycles. The Hall–Kier alpha value is -2.68. The van der Waals surface area contributed by atoms with Crippen LogP contribution in [-0.4, -0.2) is 23.2 Å². The molecule has 0 saturated heterocycles. The molecule has 0 aliphatic carbocycles. The molecule has 25 heavy (non-hydrogen) atoms. The number of ether oxygens (including phenoxy) is 1. The molecule has 1 N–H and O–H groups in total. The molecule has 0 radical (unpaired) electrons. The van der Waals surface area contributed by atoms with Gasteiger partial charge in [-0.2, -0.15) is 0 Å². The summed E-state index contributed by atoms with van der Waals surface area (Å²) in [6.45, 7) is 1.51. The van der Waals surface area contributed by atoms with Crippen LogP contribution in [0.15, 0.2) is 41.3 Å². The van der Waals surface area contributed by atoms with Crippen LogP contribution in [0.25, 0.3) is 0 Å². The first-order valence-corrected chi connectivity index (χ1v) is 7.94. The van der Waals surface area contributed by atoms with E-state index in [0.29, 0.717) is 0 Å². The number of non-ortho nitro benzene ring substituents is 1. The number of hydrogen-bond donors (Lipinski definition) is 1. The minimum atomic E-state index is -0.778. The zero-order valence-electron chi connectivity index (χ0n) is 13.3. The number of methoxy groups -OCH3 is 1. The minimum absolute atomic E-state index is 0.00587. The van der Waals surface area contributed by atoms with Crippen LogP contribution in [-0.2, 0) is 4.79 Å². The SMILES string of the molecule is COc1ccc([N+](=O)[O-])cc1NC(=O)[C@@H](C)Sc1cc(F)ccc1F. The van der Waals surface area contributed by atoms with Crippen molar-refractivity contribution in [3.63, 3.8) is 0 Å². The van der Waals surface area contributed by atoms with E-state index < -0.39 is 27.7 Å². The van der Waals surface area contributed by atoms with Crippen LogP contribution < -0.4 is 10.1 Å². The molecule has 2 aromatic rings. The maximum absolute atomic E-state index is 13.7. The van der Waals surface area contributed by atoms with Crippen molar-refractivity contribution in [2.24, 2.45) is 0 Å². The van der Waals surface area contributed by atoms with E-state index in [1.807, 2.05) is 0 Å². The van der Waals surface area contributed by atoms with Gasteiger partial charge in [-0.25, -0.2) is 8.78 Å². The Kier molecular flexibility index (Phi) is 5.92. The van der Waals surface area contributed by atoms with Crippen LogP contribution in [0.1, 0.15) is 6.92 Å². The number of nitrogens with one attached hydrogen (secondary N) is 1. The number of anilines is 1. The largest absolute Gasteiger partial charge is 0.495 e. The van der Waals surface area contributed by atoms with Crippen molar-refractivity contribution in [1.29, 1.82) is 0 Å². The Morgan fingerprint density at radius 1 is 1.28 bits per heavy atom. The van der Waals surface area contributed by atoms with E-state index >= 15 is 0 Å². The average molecular weight is 368 g/mol. The van der Waals surface area contributed by atoms with Crippen molar-refractivity contribution in [3.05, 3.63) is 58.1 Å². The summed E-state index contributed by atoms with van der Waals surface area (Å²) in [7, 11) is 1.36. The highest BCUT2D eigenvalue weighted by molar-refractivity contribution is 8.00. The van der Waals surface area contributed by atoms with E-state index in [2.05, 4.69) is 5.32 Å². The highest BCUT2D eigenvalue weighted by Gasteiger charge is 2.20. The zero-order chi connectivity index (χ0) is 18.6. The molecule has 0 heterocycles. The van der Waals surface area contributed by atoms with Gasteiger partial charge in [0.2, 0.25) is 5.91 Å². The summed E-state index contributed by atoms with van der Waals surface area (Å²) in [5.41, 5.74) is -0.0959. The molecule has 2 aromatic carbocycles. The summed E-state index contributed by atoms with van der Waals surface area (Å²) in [5, 5.41) is 12.6. The standard InChI is InChI=1S/C16H14F2N2O4S/c1-9(25-15-7-10(17)3-5-12(15)18)16(21)19-13-8-11(20(22)23)4-6-14(13)24-2/h3-9H,1-2H3,(H,19,21)/t9-/m1/s1. The number of benzene rings is 2. The summed E-state index contributed by atoms with van der Waals surface area (Å²) in [6, 6.07) is 6.73. The van der Waals surface area contributed by atoms with Crippen LogP contribution >= 0.6 is 11.8 Å². The number of carbonyl (C=O) groups is 1. The van der Waals surface area contributed by atoms with Crippen molar-refractivity contribution < 1.29 is 23.2 Å². The fourth-order valence-electron chi connectivity index (χ4n) is 1.95. The van der Waals surface area contributed by atoms with Crippen LogP contribution in [0.4, 0.5) is 20.2 Å². The van der Waals surface area contributed by atoms with Crippen molar-refractivity contribution in [2.45, 2.75) is 17.1 Å². The number of amides is 1. The van der Waals surface area contributed by atoms with Gasteiger partial charge in [-0.05, 0) is 31.2 Å². The Morgan fingerprint density at radius 2 is 2.00 bits per heavy atom. The van der Waals surface area contributed by atoms with Gasteiger partial charge in [0.25, 0.3) is 5.69 Å². The molecule has 0 aliphatic heterocycles. The Bertz CT molecular complexity index is 817. The third-order valence-corrected chi connectivity index (χ3v) is 4.35. The second-order valence-electron chi connectivity index (χ2n) is 4.97. The van der Waals surface area contributed by atoms with Crippen LogP contribution in [0.2, 0.25) is 0 Å². The van der Waals surface area contributed by atoms with Gasteiger partial charge < -0.3 is 10.1 Å². The van der Waals surface area contributed by atoms with Gasteiger partial charge in [0.15, 0.2) is 0 Å². The van der Waals surface area contributed by atoms with Crippen molar-refractivity contribution in [3.8, 4) is 5.75 Å². The monoisotopic (exact) mass is 368 g/mol. The topological polar surface area (TPSA) is 81.5 Å². The molecule has 0 spiro atoms. The second-order valence-corrected chi connectivity index (χ2v) is 6.35. The molecular weight excluding hydrogens is 354 g/mol. The molecule has 1 atom stereocenters. The molecule has 132 valence electrons. The van der Waals surface area contributed by atoms with Crippen LogP contribution in [0.5, 0.6) is 5.75 Å². The highest BCUT2D eigenvalue weighted by Crippen LogP contribution is 2.31. The third-order valence-electron chi connectivity index (χ3n) is 3.22. The lowest BCUT2D eigenvalue weighted by Gasteiger charge is -2.14. The van der Waals surface area contributed by atoms with Crippen molar-refractivity contribution in [2.75, 3.05) is 12.4 Å². The lowest BCUT2D eigenvalue weighted by atomic mass is 10.2. The van der Waals surface area contributed by atoms with Gasteiger partial charge in [0.1, 0.15) is 17.4 Å². The molecule has 0 fully saturated rings. The number of halogens is 2. The van der Waals surface area contributed by atoms with Crippen molar-refractivity contribution >= 4 is 29.0 Å². The van der Waals surface area contributed by atoms with Crippen molar-refractivity contribution in [1.82, 2.24) is 0 Å². The Balaban J connectivity index is 2.17. The number of rotatable bonds is 6. The molecule has 1 amide bonds. The van der Waals surface area contributed by atoms with Gasteiger partial charge in [0, 0.05) is 17.0 Å². The summed E-state index contributed by atoms with van der Waals surface area (Å²) in [4.78, 5) is 22.5. The second kappa shape index (κ2) is 7.93. The molecule has 0 unspecified atom stereocenters. The molecule has 2 rings (SSSR count). The number of nitro benzene ring substituents is 1. The molecule has 0 aliphatic rings. The first kappa shape index (κ1) is 18.7. The smallest absolute Gasteiger partial charge is 0.271 e. The summed E-state index contributed by atoms with van der Waals surface area (Å²) in [6.07, 6.45) is 0. The fourth-order valence-corrected chi connectivity index (χ4v) is 2.86. The molecule has 6 nitrogen and oxygen atoms in total. The lowest BCUT2D eigenvalue weighted by molar-refractivity contribution is -0.384. The number of thioether (sulfide) groups is 1. The molecular formula is C16H14F2N2O4S. The Labute approximate surface area is 146 Å². The molecule has 9 heteroatoms. The van der Waals surface area contributed by atoms with E-state index in [-0.39, 0.29) is 22.0 Å². The Morgan fingerprint density at radius 3 is 2.64 bits per heavy atom. The van der Waals surface area contributed by atoms with E-state index in [4.69, 9.17) is 4.74 Å². The van der Waals surface area contributed by atoms with Gasteiger partial charge in [0.05, 0.1) is 23.0 Å². The minimum Gasteiger partial charge on any atom is -0.495 e. The van der Waals surface area contributed by atoms with Gasteiger partial charge in [-0.1, -0.05) is 0 Å². The van der Waals surface area contributed by atoms with E-state index in [0.717, 1.165) is 36.0 Å². The lowest BCUT2D eigenvalue weighted by Crippen LogP contribution is -2.23. The number of nitrogens with zero attached hydrogens (tertiary/aromatic N) is 1. The summed E-state index contributed by atoms with van der Waals surface area (Å²) >= 11 is 0.834. The van der Waals surface area contributed by atoms with Gasteiger partial charge in [-0.15, -0.1) is 11.8 Å². The number of nitro groups is 1. The van der Waals surface area contributed by atoms with Crippen LogP contribution in [0.3, 0.4) is 0 Å². The van der Waals surface area contributed by atoms with Gasteiger partial charge in [-0.3, -0.25) is 14.9 Å². The highest BCUT2D eigenvalue weighted by atomic mass is 32.2. The first-order chi connectivity index (χ1) is 11.8. The maximum Gasteiger partial charge on any atom is 0.271 e. The number of hydrogen-bond acceptors (Lipinski definition) is 5. The molecule has 0 saturated carbocycles. The van der Waals surface area contributed by atoms with Crippen LogP contribution in [0, 0.1) is 21.7 Å². The normalized spacial score (nSPS) is 11.7. The quantitative estimate of drug-likeness (QED) is 0.473. The third kappa shape index (κ3) is 4.66. The zero-order valence-corrected chi connectivity index (χ0v) is 14.1. The molecule has 0 bridgehead atoms. The summed E-state index contributed by atoms with van der Waals surface area (Å²) in [5.74, 6) is -1.55. The average Bonchev–Trinajstić information content (AvgIpc) is 2.57. The van der Waals surface area contributed by atoms with E-state index in [1.54, 1.807) is 0 Å². The van der Waals surface area contributed by atoms with Gasteiger partial charge >= 0.3 is 0 Å². The summed E-state index contributed by atoms with van der Waals surface area (Å²) < 4.78 is 31.9. The predicted molar refractivity (Wildman–Crippen MR) is 90.0 cm³/mol.